The van der Waals surface area contributed by atoms with Gasteiger partial charge in [-0.1, -0.05) is 55.4 Å². The first-order valence-electron chi connectivity index (χ1n) is 8.51. The number of halogens is 3. The molecule has 142 valence electrons. The molecule has 1 heterocycles. The first-order valence-corrected chi connectivity index (χ1v) is 10.3. The van der Waals surface area contributed by atoms with Crippen LogP contribution in [0.5, 0.6) is 0 Å². The van der Waals surface area contributed by atoms with Crippen LogP contribution in [0.2, 0.25) is 10.1 Å². The van der Waals surface area contributed by atoms with Gasteiger partial charge in [-0.15, -0.1) is 0 Å². The van der Waals surface area contributed by atoms with Gasteiger partial charge in [-0.25, -0.2) is 0 Å². The second-order valence-electron chi connectivity index (χ2n) is 8.81. The Balaban J connectivity index is 3.42. The fourth-order valence-electron chi connectivity index (χ4n) is 3.62. The summed E-state index contributed by atoms with van der Waals surface area (Å²) in [5.74, 6) is -0.994. The molecule has 0 amide bonds. The highest BCUT2D eigenvalue weighted by molar-refractivity contribution is 6.73. The van der Waals surface area contributed by atoms with Gasteiger partial charge in [0.05, 0.1) is 6.10 Å². The van der Waals surface area contributed by atoms with E-state index in [0.29, 0.717) is 6.42 Å². The predicted molar refractivity (Wildman–Crippen MR) is 90.1 cm³/mol. The third-order valence-corrected chi connectivity index (χ3v) is 9.96. The van der Waals surface area contributed by atoms with Crippen molar-refractivity contribution in [2.24, 2.45) is 5.92 Å². The Labute approximate surface area is 144 Å². The molecule has 0 saturated carbocycles. The molecule has 0 aromatic carbocycles. The zero-order valence-corrected chi connectivity index (χ0v) is 17.0. The summed E-state index contributed by atoms with van der Waals surface area (Å²) >= 11 is 0. The van der Waals surface area contributed by atoms with Crippen LogP contribution >= 0.6 is 0 Å². The molecular weight excluding hydrogens is 337 g/mol. The van der Waals surface area contributed by atoms with Crippen LogP contribution in [0.15, 0.2) is 0 Å². The number of hydrogen-bond donors (Lipinski definition) is 0. The van der Waals surface area contributed by atoms with E-state index >= 15 is 0 Å². The smallest absolute Gasteiger partial charge is 0.390 e. The Morgan fingerprint density at radius 2 is 1.46 bits per heavy atom. The molecule has 0 radical (unpaired) electrons. The highest BCUT2D eigenvalue weighted by Crippen LogP contribution is 2.57. The summed E-state index contributed by atoms with van der Waals surface area (Å²) in [7, 11) is -3.32. The normalized spacial score (nSPS) is 28.7. The molecule has 0 bridgehead atoms. The summed E-state index contributed by atoms with van der Waals surface area (Å²) in [5, 5.41) is -1.13. The van der Waals surface area contributed by atoms with E-state index in [0.717, 1.165) is 0 Å². The number of carbonyl (C=O) groups is 1. The van der Waals surface area contributed by atoms with Crippen molar-refractivity contribution in [2.75, 3.05) is 0 Å². The van der Waals surface area contributed by atoms with Gasteiger partial charge >= 0.3 is 14.7 Å². The first-order chi connectivity index (χ1) is 10.6. The Morgan fingerprint density at radius 3 is 1.79 bits per heavy atom. The average molecular weight is 369 g/mol. The number of ketones is 1. The molecule has 0 aromatic heterocycles. The van der Waals surface area contributed by atoms with Gasteiger partial charge in [-0.3, -0.25) is 4.79 Å². The Bertz CT molecular complexity index is 449. The molecule has 1 saturated heterocycles. The van der Waals surface area contributed by atoms with Gasteiger partial charge in [0.2, 0.25) is 0 Å². The van der Waals surface area contributed by atoms with E-state index in [1.54, 1.807) is 6.92 Å². The van der Waals surface area contributed by atoms with E-state index in [4.69, 9.17) is 8.85 Å². The zero-order valence-electron chi connectivity index (χ0n) is 16.0. The van der Waals surface area contributed by atoms with Crippen LogP contribution in [0.1, 0.15) is 68.2 Å². The maximum Gasteiger partial charge on any atom is 0.413 e. The van der Waals surface area contributed by atoms with Gasteiger partial charge in [-0.2, -0.15) is 13.2 Å². The van der Waals surface area contributed by atoms with Gasteiger partial charge < -0.3 is 8.85 Å². The SMILES string of the molecule is CCC(=O)C[C@@H]1O[Si](C(C)(C)C)(C(C)(C)C)O[C@H](C(F)(F)F)[C@H]1C. The molecule has 1 aliphatic rings. The summed E-state index contributed by atoms with van der Waals surface area (Å²) in [6.07, 6.45) is -6.84. The Hall–Kier alpha value is -0.403. The number of hydrogen-bond acceptors (Lipinski definition) is 3. The van der Waals surface area contributed by atoms with Crippen molar-refractivity contribution >= 4 is 14.3 Å². The maximum atomic E-state index is 13.7. The van der Waals surface area contributed by atoms with Crippen molar-refractivity contribution < 1.29 is 26.8 Å². The van der Waals surface area contributed by atoms with Gasteiger partial charge in [0, 0.05) is 28.8 Å². The molecule has 3 nitrogen and oxygen atoms in total. The van der Waals surface area contributed by atoms with Crippen molar-refractivity contribution in [1.29, 1.82) is 0 Å². The van der Waals surface area contributed by atoms with Gasteiger partial charge in [0.15, 0.2) is 0 Å². The molecule has 1 aliphatic heterocycles. The number of alkyl halides is 3. The lowest BCUT2D eigenvalue weighted by Gasteiger charge is -2.56. The molecule has 0 aromatic rings. The van der Waals surface area contributed by atoms with Crippen LogP contribution in [0.25, 0.3) is 0 Å². The number of carbonyl (C=O) groups excluding carboxylic acids is 1. The largest absolute Gasteiger partial charge is 0.413 e. The van der Waals surface area contributed by atoms with E-state index in [9.17, 15) is 18.0 Å². The third-order valence-electron chi connectivity index (χ3n) is 4.79. The Kier molecular flexibility index (Phi) is 6.06. The van der Waals surface area contributed by atoms with Crippen LogP contribution < -0.4 is 0 Å². The van der Waals surface area contributed by atoms with Gasteiger partial charge in [0.25, 0.3) is 0 Å². The van der Waals surface area contributed by atoms with Crippen LogP contribution in [0.4, 0.5) is 13.2 Å². The summed E-state index contributed by atoms with van der Waals surface area (Å²) in [6.45, 7) is 14.4. The number of rotatable bonds is 3. The molecule has 0 aliphatic carbocycles. The second-order valence-corrected chi connectivity index (χ2v) is 13.5. The quantitative estimate of drug-likeness (QED) is 0.627. The molecule has 0 N–H and O–H groups in total. The molecule has 3 atom stereocenters. The highest BCUT2D eigenvalue weighted by atomic mass is 28.4. The average Bonchev–Trinajstić information content (AvgIpc) is 2.36. The summed E-state index contributed by atoms with van der Waals surface area (Å²) < 4.78 is 53.1. The van der Waals surface area contributed by atoms with Crippen LogP contribution in [0, 0.1) is 5.92 Å². The molecule has 0 spiro atoms. The second kappa shape index (κ2) is 6.72. The fourth-order valence-corrected chi connectivity index (χ4v) is 8.77. The lowest BCUT2D eigenvalue weighted by atomic mass is 9.93. The minimum absolute atomic E-state index is 0.00845. The summed E-state index contributed by atoms with van der Waals surface area (Å²) in [6, 6.07) is 0. The molecule has 1 fully saturated rings. The topological polar surface area (TPSA) is 35.5 Å². The predicted octanol–water partition coefficient (Wildman–Crippen LogP) is 5.38. The summed E-state index contributed by atoms with van der Waals surface area (Å²) in [4.78, 5) is 11.9. The fraction of sp³-hybridized carbons (Fsp3) is 0.941. The summed E-state index contributed by atoms with van der Waals surface area (Å²) in [5.41, 5.74) is 0. The first kappa shape index (κ1) is 21.6. The molecule has 0 unspecified atom stereocenters. The van der Waals surface area contributed by atoms with E-state index in [2.05, 4.69) is 0 Å². The van der Waals surface area contributed by atoms with E-state index in [1.807, 2.05) is 41.5 Å². The maximum absolute atomic E-state index is 13.7. The van der Waals surface area contributed by atoms with Crippen LogP contribution in [-0.2, 0) is 13.6 Å². The third kappa shape index (κ3) is 4.04. The minimum Gasteiger partial charge on any atom is -0.390 e. The standard InChI is InChI=1S/C17H31F3O3Si/c1-9-12(21)10-13-11(2)14(17(18,19)20)23-24(22-13,15(3,4)5)16(6,7)8/h11,13-14H,9-10H2,1-8H3/t11-,13-,14-/m0/s1. The lowest BCUT2D eigenvalue weighted by molar-refractivity contribution is -0.242. The number of Topliss-reactive ketones (excluding diaryl/α,β-unsaturated/α-hetero) is 1. The van der Waals surface area contributed by atoms with Crippen molar-refractivity contribution in [1.82, 2.24) is 0 Å². The molecular formula is C17H31F3O3Si. The monoisotopic (exact) mass is 368 g/mol. The van der Waals surface area contributed by atoms with E-state index in [-0.39, 0.29) is 12.2 Å². The van der Waals surface area contributed by atoms with E-state index < -0.39 is 42.9 Å². The van der Waals surface area contributed by atoms with Crippen LogP contribution in [0.3, 0.4) is 0 Å². The van der Waals surface area contributed by atoms with Gasteiger partial charge in [0.1, 0.15) is 11.9 Å². The van der Waals surface area contributed by atoms with Crippen molar-refractivity contribution in [3.05, 3.63) is 0 Å². The molecule has 7 heteroatoms. The van der Waals surface area contributed by atoms with Crippen LogP contribution in [-0.4, -0.2) is 32.7 Å². The van der Waals surface area contributed by atoms with E-state index in [1.165, 1.54) is 6.92 Å². The van der Waals surface area contributed by atoms with Crippen molar-refractivity contribution in [2.45, 2.75) is 96.7 Å². The Morgan fingerprint density at radius 1 is 1.00 bits per heavy atom. The molecule has 24 heavy (non-hydrogen) atoms. The lowest BCUT2D eigenvalue weighted by Crippen LogP contribution is -2.68. The van der Waals surface area contributed by atoms with Gasteiger partial charge in [-0.05, 0) is 0 Å². The highest BCUT2D eigenvalue weighted by Gasteiger charge is 2.66. The minimum atomic E-state index is -4.48. The van der Waals surface area contributed by atoms with Crippen molar-refractivity contribution in [3.63, 3.8) is 0 Å². The molecule has 1 rings (SSSR count). The zero-order chi connectivity index (χ0) is 19.1. The van der Waals surface area contributed by atoms with Crippen molar-refractivity contribution in [3.8, 4) is 0 Å².